The van der Waals surface area contributed by atoms with Crippen molar-refractivity contribution in [2.24, 2.45) is 0 Å². The van der Waals surface area contributed by atoms with Gasteiger partial charge >= 0.3 is 6.18 Å². The number of benzene rings is 2. The summed E-state index contributed by atoms with van der Waals surface area (Å²) in [5.74, 6) is 1.95. The number of amides is 1. The number of para-hydroxylation sites is 1. The van der Waals surface area contributed by atoms with Gasteiger partial charge in [-0.05, 0) is 60.2 Å². The Labute approximate surface area is 225 Å². The molecule has 2 aliphatic heterocycles. The fourth-order valence-electron chi connectivity index (χ4n) is 5.48. The minimum absolute atomic E-state index is 0.0575. The molecule has 1 aromatic heterocycles. The van der Waals surface area contributed by atoms with E-state index in [9.17, 15) is 18.0 Å². The maximum atomic E-state index is 13.5. The first-order chi connectivity index (χ1) is 18.2. The molecular formula is C30H31F3N2O2S. The average molecular weight is 541 g/mol. The molecule has 0 saturated carbocycles. The van der Waals surface area contributed by atoms with Crippen molar-refractivity contribution >= 4 is 17.7 Å². The van der Waals surface area contributed by atoms with E-state index in [-0.39, 0.29) is 24.1 Å². The summed E-state index contributed by atoms with van der Waals surface area (Å²) in [4.78, 5) is 19.4. The normalized spacial score (nSPS) is 21.1. The van der Waals surface area contributed by atoms with Gasteiger partial charge in [0.15, 0.2) is 0 Å². The van der Waals surface area contributed by atoms with E-state index in [0.29, 0.717) is 22.3 Å². The number of ether oxygens (including phenoxy) is 1. The van der Waals surface area contributed by atoms with E-state index in [1.807, 2.05) is 42.5 Å². The standard InChI is InChI=1S/C30H31F3N2O2S/c1-19(2)26-5-3-4-6-27(26)37-25-15-23-12-13-24(16-25)35(23)29(36)21-9-7-20(8-10-21)18-38-28-14-11-22(17-34-28)30(31,32)33/h3-11,14,17,19,23-25H,12-13,15-16,18H2,1-2H3. The highest BCUT2D eigenvalue weighted by Gasteiger charge is 2.44. The zero-order valence-corrected chi connectivity index (χ0v) is 22.3. The molecule has 0 N–H and O–H groups in total. The van der Waals surface area contributed by atoms with Gasteiger partial charge in [-0.1, -0.05) is 44.2 Å². The molecule has 3 aromatic rings. The lowest BCUT2D eigenvalue weighted by Crippen LogP contribution is -2.49. The van der Waals surface area contributed by atoms with E-state index in [1.165, 1.54) is 23.4 Å². The number of alkyl halides is 3. The average Bonchev–Trinajstić information content (AvgIpc) is 3.17. The maximum Gasteiger partial charge on any atom is 0.417 e. The minimum atomic E-state index is -4.39. The van der Waals surface area contributed by atoms with Crippen LogP contribution in [0.5, 0.6) is 5.75 Å². The molecule has 0 radical (unpaired) electrons. The van der Waals surface area contributed by atoms with Crippen LogP contribution in [0, 0.1) is 0 Å². The number of aromatic nitrogens is 1. The second-order valence-corrected chi connectivity index (χ2v) is 11.4. The second kappa shape index (κ2) is 11.0. The molecule has 5 rings (SSSR count). The number of piperidine rings is 1. The van der Waals surface area contributed by atoms with E-state index >= 15 is 0 Å². The van der Waals surface area contributed by atoms with Crippen LogP contribution >= 0.6 is 11.8 Å². The maximum absolute atomic E-state index is 13.5. The van der Waals surface area contributed by atoms with Crippen molar-refractivity contribution in [3.05, 3.63) is 89.1 Å². The van der Waals surface area contributed by atoms with Gasteiger partial charge in [-0.15, -0.1) is 11.8 Å². The van der Waals surface area contributed by atoms with Gasteiger partial charge in [-0.3, -0.25) is 4.79 Å². The Kier molecular flexibility index (Phi) is 7.70. The zero-order valence-electron chi connectivity index (χ0n) is 21.4. The molecule has 0 aliphatic carbocycles. The van der Waals surface area contributed by atoms with Crippen LogP contribution in [-0.2, 0) is 11.9 Å². The van der Waals surface area contributed by atoms with Gasteiger partial charge in [0.1, 0.15) is 11.9 Å². The first-order valence-electron chi connectivity index (χ1n) is 13.0. The van der Waals surface area contributed by atoms with Crippen LogP contribution in [0.1, 0.15) is 72.5 Å². The topological polar surface area (TPSA) is 42.4 Å². The quantitative estimate of drug-likeness (QED) is 0.288. The number of hydrogen-bond acceptors (Lipinski definition) is 4. The zero-order chi connectivity index (χ0) is 26.9. The van der Waals surface area contributed by atoms with Crippen molar-refractivity contribution < 1.29 is 22.7 Å². The van der Waals surface area contributed by atoms with Gasteiger partial charge in [-0.2, -0.15) is 13.2 Å². The SMILES string of the molecule is CC(C)c1ccccc1OC1CC2CCC(C1)N2C(=O)c1ccc(CSc2ccc(C(F)(F)F)cn2)cc1. The molecule has 2 fully saturated rings. The van der Waals surface area contributed by atoms with Crippen molar-refractivity contribution in [3.8, 4) is 5.75 Å². The predicted octanol–water partition coefficient (Wildman–Crippen LogP) is 7.73. The number of hydrogen-bond donors (Lipinski definition) is 0. The number of pyridine rings is 1. The molecule has 3 heterocycles. The molecule has 2 atom stereocenters. The first kappa shape index (κ1) is 26.6. The van der Waals surface area contributed by atoms with Gasteiger partial charge < -0.3 is 9.64 Å². The van der Waals surface area contributed by atoms with Crippen LogP contribution in [0.15, 0.2) is 71.9 Å². The van der Waals surface area contributed by atoms with Crippen molar-refractivity contribution in [1.29, 1.82) is 0 Å². The van der Waals surface area contributed by atoms with Crippen molar-refractivity contribution in [2.45, 2.75) is 80.6 Å². The van der Waals surface area contributed by atoms with Crippen molar-refractivity contribution in [1.82, 2.24) is 9.88 Å². The van der Waals surface area contributed by atoms with Gasteiger partial charge in [0.05, 0.1) is 10.6 Å². The summed E-state index contributed by atoms with van der Waals surface area (Å²) >= 11 is 1.36. The third kappa shape index (κ3) is 5.85. The Morgan fingerprint density at radius 2 is 1.71 bits per heavy atom. The number of carbonyl (C=O) groups is 1. The van der Waals surface area contributed by atoms with Crippen molar-refractivity contribution in [2.75, 3.05) is 0 Å². The van der Waals surface area contributed by atoms with E-state index in [0.717, 1.165) is 49.3 Å². The van der Waals surface area contributed by atoms with E-state index in [4.69, 9.17) is 4.74 Å². The van der Waals surface area contributed by atoms with E-state index in [1.54, 1.807) is 0 Å². The second-order valence-electron chi connectivity index (χ2n) is 10.4. The number of rotatable bonds is 7. The van der Waals surface area contributed by atoms with Crippen LogP contribution in [0.4, 0.5) is 13.2 Å². The summed E-state index contributed by atoms with van der Waals surface area (Å²) in [5, 5.41) is 0.524. The van der Waals surface area contributed by atoms with Crippen LogP contribution in [0.3, 0.4) is 0 Å². The highest BCUT2D eigenvalue weighted by atomic mass is 32.2. The summed E-state index contributed by atoms with van der Waals surface area (Å²) in [6.45, 7) is 4.34. The van der Waals surface area contributed by atoms with E-state index in [2.05, 4.69) is 29.8 Å². The van der Waals surface area contributed by atoms with Crippen molar-refractivity contribution in [3.63, 3.8) is 0 Å². The van der Waals surface area contributed by atoms with E-state index < -0.39 is 11.7 Å². The number of carbonyl (C=O) groups excluding carboxylic acids is 1. The third-order valence-electron chi connectivity index (χ3n) is 7.41. The Morgan fingerprint density at radius 3 is 2.32 bits per heavy atom. The number of thioether (sulfide) groups is 1. The molecule has 2 unspecified atom stereocenters. The van der Waals surface area contributed by atoms with Gasteiger partial charge in [0.2, 0.25) is 0 Å². The van der Waals surface area contributed by atoms with Crippen LogP contribution in [0.25, 0.3) is 0 Å². The molecule has 200 valence electrons. The van der Waals surface area contributed by atoms with Crippen LogP contribution in [0.2, 0.25) is 0 Å². The highest BCUT2D eigenvalue weighted by molar-refractivity contribution is 7.98. The summed E-state index contributed by atoms with van der Waals surface area (Å²) in [7, 11) is 0. The first-order valence-corrected chi connectivity index (χ1v) is 14.0. The fraction of sp³-hybridized carbons (Fsp3) is 0.400. The smallest absolute Gasteiger partial charge is 0.417 e. The number of nitrogens with zero attached hydrogens (tertiary/aromatic N) is 2. The Morgan fingerprint density at radius 1 is 1.03 bits per heavy atom. The molecule has 2 aliphatic rings. The summed E-state index contributed by atoms with van der Waals surface area (Å²) in [6.07, 6.45) is 0.241. The molecule has 38 heavy (non-hydrogen) atoms. The van der Waals surface area contributed by atoms with Crippen LogP contribution in [-0.4, -0.2) is 34.0 Å². The lowest BCUT2D eigenvalue weighted by molar-refractivity contribution is -0.137. The Hall–Kier alpha value is -3.00. The molecule has 4 nitrogen and oxygen atoms in total. The fourth-order valence-corrected chi connectivity index (χ4v) is 6.28. The number of halogens is 3. The van der Waals surface area contributed by atoms with Gasteiger partial charge in [0.25, 0.3) is 5.91 Å². The molecule has 2 aromatic carbocycles. The molecule has 1 amide bonds. The van der Waals surface area contributed by atoms with Gasteiger partial charge in [-0.25, -0.2) is 4.98 Å². The molecular weight excluding hydrogens is 509 g/mol. The molecule has 8 heteroatoms. The molecule has 2 bridgehead atoms. The Bertz CT molecular complexity index is 1250. The lowest BCUT2D eigenvalue weighted by Gasteiger charge is -2.39. The molecule has 0 spiro atoms. The summed E-state index contributed by atoms with van der Waals surface area (Å²) < 4.78 is 44.6. The van der Waals surface area contributed by atoms with Gasteiger partial charge in [0, 0.05) is 42.4 Å². The monoisotopic (exact) mass is 540 g/mol. The summed E-state index contributed by atoms with van der Waals surface area (Å²) in [5.41, 5.74) is 2.10. The largest absolute Gasteiger partial charge is 0.490 e. The minimum Gasteiger partial charge on any atom is -0.490 e. The highest BCUT2D eigenvalue weighted by Crippen LogP contribution is 2.39. The lowest BCUT2D eigenvalue weighted by atomic mass is 9.97. The molecule has 2 saturated heterocycles. The predicted molar refractivity (Wildman–Crippen MR) is 142 cm³/mol. The summed E-state index contributed by atoms with van der Waals surface area (Å²) in [6, 6.07) is 18.5. The van der Waals surface area contributed by atoms with Crippen LogP contribution < -0.4 is 4.74 Å². The third-order valence-corrected chi connectivity index (χ3v) is 8.43. The number of fused-ring (bicyclic) bond motifs is 2. The Balaban J connectivity index is 1.18.